The Balaban J connectivity index is 1.97. The van der Waals surface area contributed by atoms with Crippen LogP contribution in [0.15, 0.2) is 47.6 Å². The molecule has 0 aliphatic heterocycles. The van der Waals surface area contributed by atoms with E-state index in [0.29, 0.717) is 17.0 Å². The fraction of sp³-hybridized carbons (Fsp3) is 0.211. The summed E-state index contributed by atoms with van der Waals surface area (Å²) >= 11 is 0. The van der Waals surface area contributed by atoms with Crippen molar-refractivity contribution < 1.29 is 35.9 Å². The molecule has 2 aromatic heterocycles. The maximum absolute atomic E-state index is 13.2. The fourth-order valence-electron chi connectivity index (χ4n) is 2.52. The van der Waals surface area contributed by atoms with E-state index in [2.05, 4.69) is 15.1 Å². The lowest BCUT2D eigenvalue weighted by molar-refractivity contribution is -0.144. The molecule has 3 rings (SSSR count). The van der Waals surface area contributed by atoms with Crippen molar-refractivity contribution in [3.63, 3.8) is 0 Å². The molecule has 0 bridgehead atoms. The van der Waals surface area contributed by atoms with Crippen LogP contribution < -0.4 is 9.57 Å². The lowest BCUT2D eigenvalue weighted by Crippen LogP contribution is -2.14. The minimum atomic E-state index is -5.07. The highest BCUT2D eigenvalue weighted by atomic mass is 19.4. The smallest absolute Gasteiger partial charge is 0.433 e. The Hall–Kier alpha value is -3.37. The molecule has 0 saturated carbocycles. The molecule has 3 aromatic rings. The highest BCUT2D eigenvalue weighted by molar-refractivity contribution is 5.98. The molecule has 5 nitrogen and oxygen atoms in total. The zero-order chi connectivity index (χ0) is 22.1. The molecular weight excluding hydrogens is 416 g/mol. The summed E-state index contributed by atoms with van der Waals surface area (Å²) in [5, 5.41) is 3.23. The number of methoxy groups -OCH3 is 1. The quantitative estimate of drug-likeness (QED) is 0.313. The molecule has 0 aliphatic rings. The molecule has 0 amide bonds. The van der Waals surface area contributed by atoms with Crippen molar-refractivity contribution >= 4 is 16.7 Å². The number of hydrogen-bond acceptors (Lipinski definition) is 5. The van der Waals surface area contributed by atoms with Gasteiger partial charge in [-0.1, -0.05) is 5.16 Å². The first-order valence-electron chi connectivity index (χ1n) is 8.31. The monoisotopic (exact) mass is 429 g/mol. The summed E-state index contributed by atoms with van der Waals surface area (Å²) in [7, 11) is 1.51. The zero-order valence-electron chi connectivity index (χ0n) is 15.5. The number of fused-ring (bicyclic) bond motifs is 1. The van der Waals surface area contributed by atoms with Crippen LogP contribution >= 0.6 is 0 Å². The van der Waals surface area contributed by atoms with Gasteiger partial charge in [-0.15, -0.1) is 0 Å². The molecule has 0 aliphatic carbocycles. The molecule has 11 heteroatoms. The van der Waals surface area contributed by atoms with Crippen LogP contribution in [-0.4, -0.2) is 22.8 Å². The Bertz CT molecular complexity index is 1090. The third kappa shape index (κ3) is 4.61. The zero-order valence-corrected chi connectivity index (χ0v) is 15.5. The van der Waals surface area contributed by atoms with Crippen LogP contribution in [0, 0.1) is 0 Å². The second-order valence-electron chi connectivity index (χ2n) is 6.07. The van der Waals surface area contributed by atoms with Crippen LogP contribution in [0.25, 0.3) is 11.0 Å². The van der Waals surface area contributed by atoms with Gasteiger partial charge in [0.05, 0.1) is 18.4 Å². The summed E-state index contributed by atoms with van der Waals surface area (Å²) in [6.45, 7) is 1.60. The average Bonchev–Trinajstić information content (AvgIpc) is 2.69. The normalized spacial score (nSPS) is 12.9. The van der Waals surface area contributed by atoms with E-state index >= 15 is 0 Å². The summed E-state index contributed by atoms with van der Waals surface area (Å²) in [5.41, 5.74) is -2.89. The van der Waals surface area contributed by atoms with Gasteiger partial charge in [-0.25, -0.2) is 4.98 Å². The van der Waals surface area contributed by atoms with E-state index in [1.807, 2.05) is 0 Å². The number of aromatic nitrogens is 2. The standard InChI is InChI=1S/C19H13F6N3O2/c1-10(11-3-5-12(29-2)6-4-11)28-30-16-8-7-13-14(18(20,21)22)9-15(19(23,24)25)26-17(13)27-16/h3-9H,1-2H3/b28-10-. The van der Waals surface area contributed by atoms with Gasteiger partial charge in [0.2, 0.25) is 0 Å². The third-order valence-electron chi connectivity index (χ3n) is 4.03. The van der Waals surface area contributed by atoms with Gasteiger partial charge < -0.3 is 9.57 Å². The molecule has 0 saturated heterocycles. The second-order valence-corrected chi connectivity index (χ2v) is 6.07. The van der Waals surface area contributed by atoms with Crippen LogP contribution in [0.5, 0.6) is 11.6 Å². The Kier molecular flexibility index (Phi) is 5.55. The largest absolute Gasteiger partial charge is 0.497 e. The predicted molar refractivity (Wildman–Crippen MR) is 95.4 cm³/mol. The predicted octanol–water partition coefficient (Wildman–Crippen LogP) is 5.48. The van der Waals surface area contributed by atoms with Crippen molar-refractivity contribution in [3.05, 3.63) is 59.3 Å². The molecular formula is C19H13F6N3O2. The molecule has 0 N–H and O–H groups in total. The van der Waals surface area contributed by atoms with Gasteiger partial charge in [0, 0.05) is 11.5 Å². The summed E-state index contributed by atoms with van der Waals surface area (Å²) < 4.78 is 83.5. The van der Waals surface area contributed by atoms with Gasteiger partial charge in [-0.05, 0) is 48.9 Å². The average molecular weight is 429 g/mol. The second kappa shape index (κ2) is 7.81. The minimum Gasteiger partial charge on any atom is -0.497 e. The Morgan fingerprint density at radius 3 is 2.13 bits per heavy atom. The molecule has 2 heterocycles. The van der Waals surface area contributed by atoms with Crippen LogP contribution in [0.1, 0.15) is 23.7 Å². The lowest BCUT2D eigenvalue weighted by Gasteiger charge is -2.13. The van der Waals surface area contributed by atoms with Gasteiger partial charge >= 0.3 is 12.4 Å². The van der Waals surface area contributed by atoms with Crippen molar-refractivity contribution in [1.29, 1.82) is 0 Å². The maximum atomic E-state index is 13.2. The summed E-state index contributed by atoms with van der Waals surface area (Å²) in [6.07, 6.45) is -10.1. The molecule has 1 aromatic carbocycles. The van der Waals surface area contributed by atoms with Crippen LogP contribution in [0.3, 0.4) is 0 Å². The summed E-state index contributed by atoms with van der Waals surface area (Å²) in [5.74, 6) is 0.311. The molecule has 0 fully saturated rings. The number of ether oxygens (including phenoxy) is 1. The summed E-state index contributed by atoms with van der Waals surface area (Å²) in [4.78, 5) is 11.9. The topological polar surface area (TPSA) is 56.6 Å². The van der Waals surface area contributed by atoms with Crippen molar-refractivity contribution in [2.75, 3.05) is 7.11 Å². The maximum Gasteiger partial charge on any atom is 0.433 e. The van der Waals surface area contributed by atoms with Crippen molar-refractivity contribution in [3.8, 4) is 11.6 Å². The first kappa shape index (κ1) is 21.3. The number of benzene rings is 1. The third-order valence-corrected chi connectivity index (χ3v) is 4.03. The molecule has 0 unspecified atom stereocenters. The van der Waals surface area contributed by atoms with E-state index in [-0.39, 0.29) is 11.9 Å². The number of oxime groups is 1. The first-order chi connectivity index (χ1) is 14.0. The van der Waals surface area contributed by atoms with E-state index in [9.17, 15) is 26.3 Å². The minimum absolute atomic E-state index is 0.0451. The SMILES string of the molecule is COc1ccc(/C(C)=N\Oc2ccc3c(C(F)(F)F)cc(C(F)(F)F)nc3n2)cc1. The van der Waals surface area contributed by atoms with E-state index in [0.717, 1.165) is 12.1 Å². The molecule has 158 valence electrons. The van der Waals surface area contributed by atoms with Crippen molar-refractivity contribution in [1.82, 2.24) is 9.97 Å². The van der Waals surface area contributed by atoms with E-state index < -0.39 is 34.6 Å². The van der Waals surface area contributed by atoms with E-state index in [1.54, 1.807) is 31.2 Å². The highest BCUT2D eigenvalue weighted by Gasteiger charge is 2.39. The van der Waals surface area contributed by atoms with Crippen LogP contribution in [-0.2, 0) is 12.4 Å². The number of pyridine rings is 2. The Labute approximate surface area is 166 Å². The Morgan fingerprint density at radius 1 is 0.900 bits per heavy atom. The first-order valence-corrected chi connectivity index (χ1v) is 8.31. The highest BCUT2D eigenvalue weighted by Crippen LogP contribution is 2.38. The molecule has 0 atom stereocenters. The molecule has 0 spiro atoms. The summed E-state index contributed by atoms with van der Waals surface area (Å²) in [6, 6.07) is 8.72. The Morgan fingerprint density at radius 2 is 1.57 bits per heavy atom. The number of rotatable bonds is 4. The van der Waals surface area contributed by atoms with Crippen LogP contribution in [0.4, 0.5) is 26.3 Å². The van der Waals surface area contributed by atoms with E-state index in [4.69, 9.17) is 9.57 Å². The van der Waals surface area contributed by atoms with Gasteiger partial charge in [0.15, 0.2) is 5.65 Å². The van der Waals surface area contributed by atoms with Crippen molar-refractivity contribution in [2.24, 2.45) is 5.16 Å². The number of halogens is 6. The van der Waals surface area contributed by atoms with Gasteiger partial charge in [-0.3, -0.25) is 0 Å². The van der Waals surface area contributed by atoms with Gasteiger partial charge in [0.1, 0.15) is 11.4 Å². The van der Waals surface area contributed by atoms with E-state index in [1.165, 1.54) is 7.11 Å². The number of hydrogen-bond donors (Lipinski definition) is 0. The van der Waals surface area contributed by atoms with Gasteiger partial charge in [0.25, 0.3) is 5.88 Å². The lowest BCUT2D eigenvalue weighted by atomic mass is 10.1. The van der Waals surface area contributed by atoms with Crippen LogP contribution in [0.2, 0.25) is 0 Å². The molecule has 30 heavy (non-hydrogen) atoms. The van der Waals surface area contributed by atoms with Gasteiger partial charge in [-0.2, -0.15) is 31.3 Å². The molecule has 0 radical (unpaired) electrons. The van der Waals surface area contributed by atoms with Crippen molar-refractivity contribution in [2.45, 2.75) is 19.3 Å². The number of nitrogens with zero attached hydrogens (tertiary/aromatic N) is 3. The fourth-order valence-corrected chi connectivity index (χ4v) is 2.52. The number of alkyl halides is 6.